The van der Waals surface area contributed by atoms with Crippen LogP contribution >= 0.6 is 0 Å². The van der Waals surface area contributed by atoms with Crippen molar-refractivity contribution in [1.29, 1.82) is 0 Å². The maximum absolute atomic E-state index is 12.7. The van der Waals surface area contributed by atoms with E-state index in [1.54, 1.807) is 36.3 Å². The zero-order chi connectivity index (χ0) is 20.9. The lowest BCUT2D eigenvalue weighted by Gasteiger charge is -2.24. The summed E-state index contributed by atoms with van der Waals surface area (Å²) in [6, 6.07) is 6.57. The number of aromatic nitrogens is 5. The fraction of sp³-hybridized carbons (Fsp3) is 0.368. The second-order valence-corrected chi connectivity index (χ2v) is 6.81. The molecule has 1 aromatic carbocycles. The zero-order valence-electron chi connectivity index (χ0n) is 16.4. The Morgan fingerprint density at radius 3 is 2.90 bits per heavy atom. The average Bonchev–Trinajstić information content (AvgIpc) is 3.53. The van der Waals surface area contributed by atoms with Crippen LogP contribution in [-0.2, 0) is 16.0 Å². The third kappa shape index (κ3) is 4.29. The van der Waals surface area contributed by atoms with E-state index < -0.39 is 6.04 Å². The highest BCUT2D eigenvalue weighted by Gasteiger charge is 2.34. The summed E-state index contributed by atoms with van der Waals surface area (Å²) in [5.74, 6) is 1.39. The summed E-state index contributed by atoms with van der Waals surface area (Å²) < 4.78 is 10.3. The van der Waals surface area contributed by atoms with Crippen LogP contribution in [0.15, 0.2) is 35.1 Å². The number of ether oxygens (including phenoxy) is 1. The monoisotopic (exact) mass is 411 g/mol. The van der Waals surface area contributed by atoms with Crippen molar-refractivity contribution in [3.8, 4) is 17.4 Å². The SMILES string of the molecule is COc1ccc(NC(=O)C2CCCN2C(=O)CCc2nc(-c3ncn[nH]3)no2)cc1. The van der Waals surface area contributed by atoms with Gasteiger partial charge in [0, 0.05) is 25.1 Å². The van der Waals surface area contributed by atoms with E-state index in [-0.39, 0.29) is 30.5 Å². The van der Waals surface area contributed by atoms with Crippen LogP contribution in [0.1, 0.15) is 25.2 Å². The lowest BCUT2D eigenvalue weighted by atomic mass is 10.2. The minimum absolute atomic E-state index is 0.123. The number of rotatable bonds is 7. The summed E-state index contributed by atoms with van der Waals surface area (Å²) in [4.78, 5) is 35.2. The quantitative estimate of drug-likeness (QED) is 0.595. The molecule has 1 aliphatic heterocycles. The molecule has 30 heavy (non-hydrogen) atoms. The number of hydrogen-bond donors (Lipinski definition) is 2. The summed E-state index contributed by atoms with van der Waals surface area (Å²) in [5, 5.41) is 13.1. The molecule has 11 nitrogen and oxygen atoms in total. The highest BCUT2D eigenvalue weighted by Crippen LogP contribution is 2.22. The van der Waals surface area contributed by atoms with Gasteiger partial charge >= 0.3 is 0 Å². The topological polar surface area (TPSA) is 139 Å². The van der Waals surface area contributed by atoms with E-state index in [4.69, 9.17) is 9.26 Å². The largest absolute Gasteiger partial charge is 0.497 e. The predicted octanol–water partition coefficient (Wildman–Crippen LogP) is 1.43. The van der Waals surface area contributed by atoms with Gasteiger partial charge in [0.2, 0.25) is 23.5 Å². The Hall–Kier alpha value is -3.76. The first-order valence-corrected chi connectivity index (χ1v) is 9.57. The second-order valence-electron chi connectivity index (χ2n) is 6.81. The molecule has 156 valence electrons. The number of aryl methyl sites for hydroxylation is 1. The Balaban J connectivity index is 1.33. The molecule has 0 radical (unpaired) electrons. The number of nitrogens with one attached hydrogen (secondary N) is 2. The molecule has 3 aromatic rings. The lowest BCUT2D eigenvalue weighted by Crippen LogP contribution is -2.43. The number of benzene rings is 1. The first-order chi connectivity index (χ1) is 14.6. The number of H-pyrrole nitrogens is 1. The summed E-state index contributed by atoms with van der Waals surface area (Å²) in [7, 11) is 1.58. The van der Waals surface area contributed by atoms with Crippen LogP contribution in [0.5, 0.6) is 5.75 Å². The molecule has 2 aromatic heterocycles. The summed E-state index contributed by atoms with van der Waals surface area (Å²) in [6.07, 6.45) is 3.21. The van der Waals surface area contributed by atoms with Gasteiger partial charge in [0.15, 0.2) is 5.82 Å². The lowest BCUT2D eigenvalue weighted by molar-refractivity contribution is -0.136. The van der Waals surface area contributed by atoms with Gasteiger partial charge in [-0.05, 0) is 37.1 Å². The fourth-order valence-corrected chi connectivity index (χ4v) is 3.36. The first kappa shape index (κ1) is 19.6. The molecule has 3 heterocycles. The van der Waals surface area contributed by atoms with Crippen molar-refractivity contribution in [3.05, 3.63) is 36.5 Å². The van der Waals surface area contributed by atoms with Crippen molar-refractivity contribution in [3.63, 3.8) is 0 Å². The van der Waals surface area contributed by atoms with Crippen molar-refractivity contribution in [2.75, 3.05) is 19.0 Å². The van der Waals surface area contributed by atoms with Gasteiger partial charge in [-0.15, -0.1) is 0 Å². The molecule has 1 unspecified atom stereocenters. The van der Waals surface area contributed by atoms with Crippen LogP contribution in [0.25, 0.3) is 11.6 Å². The van der Waals surface area contributed by atoms with Gasteiger partial charge in [-0.1, -0.05) is 5.16 Å². The van der Waals surface area contributed by atoms with E-state index in [1.807, 2.05) is 0 Å². The number of methoxy groups -OCH3 is 1. The third-order valence-electron chi connectivity index (χ3n) is 4.88. The van der Waals surface area contributed by atoms with Gasteiger partial charge in [-0.3, -0.25) is 14.7 Å². The summed E-state index contributed by atoms with van der Waals surface area (Å²) in [6.45, 7) is 0.548. The Bertz CT molecular complexity index is 1000. The number of hydrogen-bond acceptors (Lipinski definition) is 8. The molecule has 1 fully saturated rings. The number of nitrogens with zero attached hydrogens (tertiary/aromatic N) is 5. The van der Waals surface area contributed by atoms with Gasteiger partial charge in [0.1, 0.15) is 18.1 Å². The van der Waals surface area contributed by atoms with Gasteiger partial charge in [0.05, 0.1) is 7.11 Å². The predicted molar refractivity (Wildman–Crippen MR) is 104 cm³/mol. The number of anilines is 1. The van der Waals surface area contributed by atoms with Crippen LogP contribution in [-0.4, -0.2) is 61.7 Å². The highest BCUT2D eigenvalue weighted by molar-refractivity contribution is 5.97. The van der Waals surface area contributed by atoms with Crippen molar-refractivity contribution in [2.45, 2.75) is 31.7 Å². The van der Waals surface area contributed by atoms with Gasteiger partial charge < -0.3 is 19.5 Å². The standard InChI is InChI=1S/C19H21N7O4/c1-29-13-6-4-12(5-7-13)22-19(28)14-3-2-10-26(14)16(27)9-8-15-23-18(25-30-15)17-20-11-21-24-17/h4-7,11,14H,2-3,8-10H2,1H3,(H,22,28)(H,20,21,24). The smallest absolute Gasteiger partial charge is 0.247 e. The maximum atomic E-state index is 12.7. The number of amides is 2. The van der Waals surface area contributed by atoms with Crippen LogP contribution < -0.4 is 10.1 Å². The van der Waals surface area contributed by atoms with Crippen LogP contribution in [0, 0.1) is 0 Å². The molecule has 0 bridgehead atoms. The van der Waals surface area contributed by atoms with Gasteiger partial charge in [-0.2, -0.15) is 10.1 Å². The molecule has 0 spiro atoms. The molecule has 2 N–H and O–H groups in total. The Morgan fingerprint density at radius 2 is 2.17 bits per heavy atom. The fourth-order valence-electron chi connectivity index (χ4n) is 3.36. The average molecular weight is 411 g/mol. The number of aromatic amines is 1. The zero-order valence-corrected chi connectivity index (χ0v) is 16.4. The molecular formula is C19H21N7O4. The van der Waals surface area contributed by atoms with Gasteiger partial charge in [-0.25, -0.2) is 4.98 Å². The van der Waals surface area contributed by atoms with Gasteiger partial charge in [0.25, 0.3) is 0 Å². The van der Waals surface area contributed by atoms with E-state index in [1.165, 1.54) is 6.33 Å². The van der Waals surface area contributed by atoms with Crippen molar-refractivity contribution in [2.24, 2.45) is 0 Å². The molecule has 1 aliphatic rings. The van der Waals surface area contributed by atoms with E-state index in [9.17, 15) is 9.59 Å². The van der Waals surface area contributed by atoms with E-state index in [0.29, 0.717) is 36.1 Å². The molecular weight excluding hydrogens is 390 g/mol. The molecule has 1 atom stereocenters. The van der Waals surface area contributed by atoms with Crippen molar-refractivity contribution >= 4 is 17.5 Å². The van der Waals surface area contributed by atoms with E-state index >= 15 is 0 Å². The number of carbonyl (C=O) groups excluding carboxylic acids is 2. The minimum atomic E-state index is -0.493. The molecule has 0 aliphatic carbocycles. The third-order valence-corrected chi connectivity index (χ3v) is 4.88. The Labute approximate surface area is 171 Å². The van der Waals surface area contributed by atoms with Crippen LogP contribution in [0.2, 0.25) is 0 Å². The number of carbonyl (C=O) groups is 2. The molecule has 1 saturated heterocycles. The maximum Gasteiger partial charge on any atom is 0.247 e. The van der Waals surface area contributed by atoms with Crippen LogP contribution in [0.3, 0.4) is 0 Å². The highest BCUT2D eigenvalue weighted by atomic mass is 16.5. The number of likely N-dealkylation sites (tertiary alicyclic amines) is 1. The minimum Gasteiger partial charge on any atom is -0.497 e. The Morgan fingerprint density at radius 1 is 1.33 bits per heavy atom. The van der Waals surface area contributed by atoms with E-state index in [0.717, 1.165) is 6.42 Å². The summed E-state index contributed by atoms with van der Waals surface area (Å²) in [5.41, 5.74) is 0.658. The Kier molecular flexibility index (Phi) is 5.68. The van der Waals surface area contributed by atoms with Crippen molar-refractivity contribution in [1.82, 2.24) is 30.2 Å². The van der Waals surface area contributed by atoms with Crippen LogP contribution in [0.4, 0.5) is 5.69 Å². The van der Waals surface area contributed by atoms with E-state index in [2.05, 4.69) is 30.6 Å². The second kappa shape index (κ2) is 8.72. The molecule has 2 amide bonds. The molecule has 0 saturated carbocycles. The normalized spacial score (nSPS) is 15.9. The van der Waals surface area contributed by atoms with Crippen molar-refractivity contribution < 1.29 is 18.8 Å². The first-order valence-electron chi connectivity index (χ1n) is 9.57. The molecule has 11 heteroatoms. The summed E-state index contributed by atoms with van der Waals surface area (Å²) >= 11 is 0. The molecule has 4 rings (SSSR count).